The fourth-order valence-electron chi connectivity index (χ4n) is 1.90. The molecule has 0 radical (unpaired) electrons. The first-order valence-electron chi connectivity index (χ1n) is 8.54. The van der Waals surface area contributed by atoms with Crippen LogP contribution in [0, 0.1) is 11.8 Å². The van der Waals surface area contributed by atoms with Crippen LogP contribution in [-0.4, -0.2) is 12.2 Å². The zero-order chi connectivity index (χ0) is 22.6. The van der Waals surface area contributed by atoms with Gasteiger partial charge in [-0.2, -0.15) is 8.78 Å². The first kappa shape index (κ1) is 27.7. The minimum absolute atomic E-state index is 0.0838. The highest BCUT2D eigenvalue weighted by atomic mass is 19.2. The van der Waals surface area contributed by atoms with Crippen molar-refractivity contribution in [1.82, 2.24) is 0 Å². The molecule has 0 aliphatic rings. The summed E-state index contributed by atoms with van der Waals surface area (Å²) in [5, 5.41) is 8.87. The maximum atomic E-state index is 14.0. The lowest BCUT2D eigenvalue weighted by Crippen LogP contribution is -2.07. The van der Waals surface area contributed by atoms with E-state index in [1.807, 2.05) is 6.92 Å². The molecule has 0 rings (SSSR count). The number of methoxy groups -OCH3 is 1. The number of halogens is 4. The van der Waals surface area contributed by atoms with E-state index in [0.717, 1.165) is 7.11 Å². The molecule has 6 heteroatoms. The van der Waals surface area contributed by atoms with Crippen molar-refractivity contribution in [1.29, 1.82) is 0 Å². The number of allylic oxidation sites excluding steroid dienone is 7. The topological polar surface area (TPSA) is 29.5 Å². The highest BCUT2D eigenvalue weighted by Crippen LogP contribution is 2.33. The lowest BCUT2D eigenvalue weighted by Gasteiger charge is -2.18. The second-order valence-electron chi connectivity index (χ2n) is 6.17. The number of aliphatic hydroxyl groups excluding tert-OH is 1. The Bertz CT molecular complexity index is 672. The van der Waals surface area contributed by atoms with Crippen LogP contribution >= 0.6 is 0 Å². The van der Waals surface area contributed by atoms with Gasteiger partial charge in [-0.3, -0.25) is 0 Å². The van der Waals surface area contributed by atoms with Gasteiger partial charge in [0.05, 0.1) is 7.11 Å². The summed E-state index contributed by atoms with van der Waals surface area (Å²) in [5.41, 5.74) is -0.236. The van der Waals surface area contributed by atoms with E-state index in [9.17, 15) is 17.6 Å². The molecule has 0 fully saturated rings. The van der Waals surface area contributed by atoms with Gasteiger partial charge >= 0.3 is 0 Å². The van der Waals surface area contributed by atoms with Crippen LogP contribution in [0.1, 0.15) is 33.6 Å². The molecule has 0 aliphatic carbocycles. The van der Waals surface area contributed by atoms with Gasteiger partial charge in [-0.25, -0.2) is 8.78 Å². The van der Waals surface area contributed by atoms with Crippen molar-refractivity contribution in [3.63, 3.8) is 0 Å². The van der Waals surface area contributed by atoms with E-state index >= 15 is 0 Å². The molecular formula is C22H30F4O2. The monoisotopic (exact) mass is 402 g/mol. The summed E-state index contributed by atoms with van der Waals surface area (Å²) in [7, 11) is 1.16. The smallest absolute Gasteiger partial charge is 0.200 e. The van der Waals surface area contributed by atoms with Gasteiger partial charge in [0.25, 0.3) is 0 Å². The lowest BCUT2D eigenvalue weighted by molar-refractivity contribution is 0.280. The van der Waals surface area contributed by atoms with Crippen LogP contribution < -0.4 is 0 Å². The predicted octanol–water partition coefficient (Wildman–Crippen LogP) is 7.88. The van der Waals surface area contributed by atoms with Crippen molar-refractivity contribution in [3.8, 4) is 0 Å². The van der Waals surface area contributed by atoms with E-state index in [4.69, 9.17) is 5.11 Å². The van der Waals surface area contributed by atoms with Crippen molar-refractivity contribution in [3.05, 3.63) is 84.9 Å². The first-order chi connectivity index (χ1) is 12.9. The molecule has 0 heterocycles. The second kappa shape index (κ2) is 13.6. The lowest BCUT2D eigenvalue weighted by atomic mass is 9.88. The molecule has 0 saturated carbocycles. The second-order valence-corrected chi connectivity index (χ2v) is 6.17. The third-order valence-corrected chi connectivity index (χ3v) is 3.92. The predicted molar refractivity (Wildman–Crippen MR) is 108 cm³/mol. The van der Waals surface area contributed by atoms with Gasteiger partial charge in [0.1, 0.15) is 11.5 Å². The molecule has 2 nitrogen and oxygen atoms in total. The fraction of sp³-hybridized carbons (Fsp3) is 0.364. The fourth-order valence-corrected chi connectivity index (χ4v) is 1.90. The van der Waals surface area contributed by atoms with Crippen LogP contribution in [0.2, 0.25) is 0 Å². The minimum Gasteiger partial charge on any atom is -0.505 e. The van der Waals surface area contributed by atoms with Crippen LogP contribution in [0.5, 0.6) is 0 Å². The summed E-state index contributed by atoms with van der Waals surface area (Å²) in [4.78, 5) is 0. The van der Waals surface area contributed by atoms with Crippen molar-refractivity contribution in [2.75, 3.05) is 7.11 Å². The average molecular weight is 402 g/mol. The molecule has 0 aromatic rings. The molecule has 1 N–H and O–H groups in total. The van der Waals surface area contributed by atoms with Crippen LogP contribution in [0.25, 0.3) is 0 Å². The largest absolute Gasteiger partial charge is 0.505 e. The van der Waals surface area contributed by atoms with Crippen LogP contribution in [0.4, 0.5) is 17.6 Å². The first-order valence-corrected chi connectivity index (χ1v) is 8.54. The zero-order valence-corrected chi connectivity index (χ0v) is 17.0. The normalized spacial score (nSPS) is 14.3. The Hall–Kier alpha value is -2.50. The molecule has 158 valence electrons. The van der Waals surface area contributed by atoms with E-state index in [0.29, 0.717) is 12.8 Å². The third-order valence-electron chi connectivity index (χ3n) is 3.92. The van der Waals surface area contributed by atoms with Crippen molar-refractivity contribution in [2.24, 2.45) is 11.8 Å². The Morgan fingerprint density at radius 1 is 0.857 bits per heavy atom. The molecule has 0 spiro atoms. The summed E-state index contributed by atoms with van der Waals surface area (Å²) >= 11 is 0. The van der Waals surface area contributed by atoms with E-state index in [1.165, 1.54) is 0 Å². The van der Waals surface area contributed by atoms with E-state index in [-0.39, 0.29) is 11.1 Å². The molecule has 0 amide bonds. The summed E-state index contributed by atoms with van der Waals surface area (Å²) in [6, 6.07) is 0. The maximum absolute atomic E-state index is 14.0. The quantitative estimate of drug-likeness (QED) is 0.174. The van der Waals surface area contributed by atoms with Gasteiger partial charge in [-0.05, 0) is 42.7 Å². The Morgan fingerprint density at radius 2 is 1.18 bits per heavy atom. The van der Waals surface area contributed by atoms with E-state index in [1.54, 1.807) is 19.9 Å². The Kier molecular flexibility index (Phi) is 13.5. The van der Waals surface area contributed by atoms with Gasteiger partial charge in [0, 0.05) is 0 Å². The highest BCUT2D eigenvalue weighted by Gasteiger charge is 2.21. The summed E-state index contributed by atoms with van der Waals surface area (Å²) < 4.78 is 59.3. The van der Waals surface area contributed by atoms with E-state index < -0.39 is 46.7 Å². The molecule has 0 aromatic carbocycles. The summed E-state index contributed by atoms with van der Waals surface area (Å²) in [5.74, 6) is -7.55. The Labute approximate surface area is 165 Å². The minimum atomic E-state index is -1.47. The summed E-state index contributed by atoms with van der Waals surface area (Å²) in [6.07, 6.45) is 2.39. The van der Waals surface area contributed by atoms with E-state index in [2.05, 4.69) is 37.6 Å². The molecule has 0 aliphatic heterocycles. The van der Waals surface area contributed by atoms with Gasteiger partial charge < -0.3 is 9.84 Å². The number of hydrogen-bond donors (Lipinski definition) is 1. The number of ether oxygens (including phenoxy) is 1. The SMILES string of the molecule is C=C(O)/C(F)=C(/F)C(=C)C(C)CCC(C)C(=C)/C(F)=C(/F)C(=C)OC.C=CC. The van der Waals surface area contributed by atoms with Gasteiger partial charge in [0.15, 0.2) is 23.3 Å². The molecule has 2 unspecified atom stereocenters. The van der Waals surface area contributed by atoms with Crippen LogP contribution in [0.15, 0.2) is 84.9 Å². The zero-order valence-electron chi connectivity index (χ0n) is 17.0. The maximum Gasteiger partial charge on any atom is 0.200 e. The van der Waals surface area contributed by atoms with Crippen molar-refractivity contribution in [2.45, 2.75) is 33.6 Å². The number of hydrogen-bond acceptors (Lipinski definition) is 2. The third kappa shape index (κ3) is 8.93. The molecule has 0 aromatic heterocycles. The number of rotatable bonds is 10. The van der Waals surface area contributed by atoms with Crippen LogP contribution in [0.3, 0.4) is 0 Å². The highest BCUT2D eigenvalue weighted by molar-refractivity contribution is 5.34. The van der Waals surface area contributed by atoms with Crippen molar-refractivity contribution < 1.29 is 27.4 Å². The van der Waals surface area contributed by atoms with Gasteiger partial charge in [-0.15, -0.1) is 6.58 Å². The molecular weight excluding hydrogens is 372 g/mol. The van der Waals surface area contributed by atoms with Gasteiger partial charge in [0.2, 0.25) is 0 Å². The molecule has 0 bridgehead atoms. The summed E-state index contributed by atoms with van der Waals surface area (Å²) in [6.45, 7) is 21.6. The molecule has 2 atom stereocenters. The Balaban J connectivity index is 0. The van der Waals surface area contributed by atoms with Crippen LogP contribution in [-0.2, 0) is 4.74 Å². The van der Waals surface area contributed by atoms with Gasteiger partial charge in [-0.1, -0.05) is 46.2 Å². The molecule has 28 heavy (non-hydrogen) atoms. The van der Waals surface area contributed by atoms with Crippen molar-refractivity contribution >= 4 is 0 Å². The molecule has 0 saturated heterocycles. The number of aliphatic hydroxyl groups is 1. The Morgan fingerprint density at radius 3 is 1.46 bits per heavy atom. The average Bonchev–Trinajstić information content (AvgIpc) is 2.67. The standard InChI is InChI=1S/C19H24F4O2.C3H6/c1-10(12(3)16(20)18(22)14(5)24)8-9-11(2)13(4)17(21)19(23)15(6)25-7;1-3-2/h10-11,24H,3-6,8-9H2,1-2,7H3;3H,1H2,2H3/b18-16-,19-17-;.